The number of hydrogen-bond acceptors (Lipinski definition) is 0. The van der Waals surface area contributed by atoms with Crippen LogP contribution in [0.15, 0.2) is 0 Å². The van der Waals surface area contributed by atoms with E-state index in [-0.39, 0.29) is 65.9 Å². The molecule has 0 N–H and O–H groups in total. The van der Waals surface area contributed by atoms with Crippen LogP contribution in [-0.2, 0) is 0 Å². The van der Waals surface area contributed by atoms with Gasteiger partial charge in [0.2, 0.25) is 0 Å². The van der Waals surface area contributed by atoms with E-state index in [9.17, 15) is 0 Å². The normalized spacial score (nSPS) is 0. The van der Waals surface area contributed by atoms with E-state index in [2.05, 4.69) is 0 Å². The molecule has 4 heteroatoms. The Hall–Kier alpha value is 1.79. The van der Waals surface area contributed by atoms with Gasteiger partial charge < -0.3 is 37.2 Å². The molecule has 4 radical (unpaired) electrons. The van der Waals surface area contributed by atoms with Crippen LogP contribution in [0.5, 0.6) is 0 Å². The SMILES string of the molecule is [Cl-].[Cl-].[Cl-].[HH].[Pb]. The molecule has 0 bridgehead atoms. The van der Waals surface area contributed by atoms with E-state index in [1.807, 2.05) is 0 Å². The minimum absolute atomic E-state index is 0. The second kappa shape index (κ2) is 21.5. The average Bonchev–Trinajstić information content (AvgIpc) is 0. The van der Waals surface area contributed by atoms with E-state index in [1.54, 1.807) is 0 Å². The monoisotopic (exact) mass is 315 g/mol. The minimum Gasteiger partial charge on any atom is -1.00 e. The van der Waals surface area contributed by atoms with Crippen LogP contribution in [-0.4, -0.2) is 27.3 Å². The molecule has 0 aromatic heterocycles. The maximum absolute atomic E-state index is 0. The zero-order valence-electron chi connectivity index (χ0n) is 1.63. The van der Waals surface area contributed by atoms with E-state index in [4.69, 9.17) is 0 Å². The maximum atomic E-state index is 0. The summed E-state index contributed by atoms with van der Waals surface area (Å²) in [6.45, 7) is 0. The molecule has 0 aliphatic heterocycles. The van der Waals surface area contributed by atoms with Crippen molar-refractivity contribution in [1.82, 2.24) is 0 Å². The molecule has 0 aliphatic rings. The van der Waals surface area contributed by atoms with Gasteiger partial charge >= 0.3 is 0 Å². The predicted octanol–water partition coefficient (Wildman–Crippen LogP) is -9.12. The van der Waals surface area contributed by atoms with Crippen LogP contribution in [0.2, 0.25) is 0 Å². The molecule has 0 fully saturated rings. The zero-order valence-corrected chi connectivity index (χ0v) is 7.79. The van der Waals surface area contributed by atoms with Crippen molar-refractivity contribution >= 4 is 27.3 Å². The first-order valence-corrected chi connectivity index (χ1v) is 0. The van der Waals surface area contributed by atoms with Crippen molar-refractivity contribution in [3.63, 3.8) is 0 Å². The summed E-state index contributed by atoms with van der Waals surface area (Å²) in [5, 5.41) is 0. The molecule has 30 valence electrons. The smallest absolute Gasteiger partial charge is 0 e. The summed E-state index contributed by atoms with van der Waals surface area (Å²) in [7, 11) is 0. The van der Waals surface area contributed by atoms with E-state index in [0.29, 0.717) is 0 Å². The second-order valence-electron chi connectivity index (χ2n) is 0. The summed E-state index contributed by atoms with van der Waals surface area (Å²) in [5.74, 6) is 0. The third kappa shape index (κ3) is 9.20. The third-order valence-electron chi connectivity index (χ3n) is 0. The van der Waals surface area contributed by atoms with Crippen LogP contribution in [0.4, 0.5) is 0 Å². The molecule has 0 aromatic rings. The summed E-state index contributed by atoms with van der Waals surface area (Å²) in [4.78, 5) is 0. The molecule has 0 aromatic carbocycles. The van der Waals surface area contributed by atoms with Gasteiger partial charge in [0.25, 0.3) is 0 Å². The van der Waals surface area contributed by atoms with E-state index >= 15 is 0 Å². The van der Waals surface area contributed by atoms with Crippen molar-refractivity contribution in [2.24, 2.45) is 0 Å². The molecule has 0 amide bonds. The van der Waals surface area contributed by atoms with Crippen LogP contribution in [0.25, 0.3) is 0 Å². The second-order valence-corrected chi connectivity index (χ2v) is 0. The molecule has 0 aliphatic carbocycles. The van der Waals surface area contributed by atoms with E-state index in [1.165, 1.54) is 0 Å². The molecule has 0 saturated carbocycles. The first-order chi connectivity index (χ1) is 0. The molecule has 4 heavy (non-hydrogen) atoms. The van der Waals surface area contributed by atoms with Crippen molar-refractivity contribution in [2.45, 2.75) is 0 Å². The van der Waals surface area contributed by atoms with Gasteiger partial charge in [0.1, 0.15) is 0 Å². The molecule has 0 nitrogen and oxygen atoms in total. The van der Waals surface area contributed by atoms with Crippen LogP contribution in [0, 0.1) is 0 Å². The Labute approximate surface area is 65.6 Å². The van der Waals surface area contributed by atoms with E-state index in [0.717, 1.165) is 0 Å². The minimum atomic E-state index is 0. The van der Waals surface area contributed by atoms with Crippen LogP contribution >= 0.6 is 0 Å². The number of halogens is 3. The Bertz CT molecular complexity index is 6.85. The Morgan fingerprint density at radius 2 is 0.750 bits per heavy atom. The van der Waals surface area contributed by atoms with Gasteiger partial charge in [-0.05, 0) is 0 Å². The fourth-order valence-electron chi connectivity index (χ4n) is 0. The Balaban J connectivity index is 0. The number of rotatable bonds is 0. The first-order valence-electron chi connectivity index (χ1n) is 0. The molecule has 0 saturated heterocycles. The van der Waals surface area contributed by atoms with Gasteiger partial charge in [-0.3, -0.25) is 0 Å². The van der Waals surface area contributed by atoms with Gasteiger partial charge in [-0.25, -0.2) is 0 Å². The van der Waals surface area contributed by atoms with Crippen molar-refractivity contribution in [3.8, 4) is 0 Å². The Morgan fingerprint density at radius 1 is 0.750 bits per heavy atom. The topological polar surface area (TPSA) is 0 Å². The van der Waals surface area contributed by atoms with Crippen molar-refractivity contribution in [3.05, 3.63) is 0 Å². The van der Waals surface area contributed by atoms with Gasteiger partial charge in [-0.1, -0.05) is 0 Å². The van der Waals surface area contributed by atoms with Gasteiger partial charge in [0.15, 0.2) is 0 Å². The van der Waals surface area contributed by atoms with Crippen molar-refractivity contribution in [2.75, 3.05) is 0 Å². The van der Waals surface area contributed by atoms with Crippen LogP contribution in [0.1, 0.15) is 1.43 Å². The van der Waals surface area contributed by atoms with Crippen LogP contribution < -0.4 is 37.2 Å². The maximum Gasteiger partial charge on any atom is 0 e. The molecule has 0 spiro atoms. The largest absolute Gasteiger partial charge is 1.00 e. The van der Waals surface area contributed by atoms with Crippen LogP contribution in [0.3, 0.4) is 0 Å². The molecular weight excluding hydrogens is 314 g/mol. The van der Waals surface area contributed by atoms with E-state index < -0.39 is 0 Å². The third-order valence-corrected chi connectivity index (χ3v) is 0. The van der Waals surface area contributed by atoms with Gasteiger partial charge in [-0.15, -0.1) is 0 Å². The summed E-state index contributed by atoms with van der Waals surface area (Å²) < 4.78 is 0. The van der Waals surface area contributed by atoms with Gasteiger partial charge in [-0.2, -0.15) is 0 Å². The predicted molar refractivity (Wildman–Crippen MR) is 7.87 cm³/mol. The van der Waals surface area contributed by atoms with Crippen molar-refractivity contribution in [1.29, 1.82) is 0 Å². The fourth-order valence-corrected chi connectivity index (χ4v) is 0. The number of hydrogen-bond donors (Lipinski definition) is 0. The van der Waals surface area contributed by atoms with Gasteiger partial charge in [0, 0.05) is 28.7 Å². The fraction of sp³-hybridized carbons (Fsp3) is 0. The Kier molecular flexibility index (Phi) is 222. The van der Waals surface area contributed by atoms with Crippen molar-refractivity contribution < 1.29 is 38.6 Å². The molecule has 0 atom stereocenters. The summed E-state index contributed by atoms with van der Waals surface area (Å²) >= 11 is 0. The molecular formula is H2Cl3Pb-3. The zero-order chi connectivity index (χ0) is 0. The van der Waals surface area contributed by atoms with Gasteiger partial charge in [0.05, 0.1) is 0 Å². The molecule has 0 heterocycles. The standard InChI is InChI=1S/3ClH.Pb.H2/h3*1H;;1H/p-3. The molecule has 0 rings (SSSR count). The summed E-state index contributed by atoms with van der Waals surface area (Å²) in [5.41, 5.74) is 0. The summed E-state index contributed by atoms with van der Waals surface area (Å²) in [6, 6.07) is 0. The Morgan fingerprint density at radius 3 is 0.750 bits per heavy atom. The molecule has 0 unspecified atom stereocenters. The quantitative estimate of drug-likeness (QED) is 0.390. The summed E-state index contributed by atoms with van der Waals surface area (Å²) in [6.07, 6.45) is 0. The first kappa shape index (κ1) is 41.4. The average molecular weight is 316 g/mol.